The number of aldehydes is 2. The molecule has 0 aliphatic heterocycles. The van der Waals surface area contributed by atoms with Crippen molar-refractivity contribution in [2.45, 2.75) is 115 Å². The van der Waals surface area contributed by atoms with Gasteiger partial charge in [0, 0.05) is 21.4 Å². The molecular weight excluding hydrogens is 653 g/mol. The van der Waals surface area contributed by atoms with Crippen molar-refractivity contribution in [1.82, 2.24) is 0 Å². The third-order valence-electron chi connectivity index (χ3n) is 9.41. The van der Waals surface area contributed by atoms with Crippen molar-refractivity contribution in [2.75, 3.05) is 26.4 Å². The van der Waals surface area contributed by atoms with Gasteiger partial charge in [0.25, 0.3) is 0 Å². The van der Waals surface area contributed by atoms with Crippen molar-refractivity contribution in [3.05, 3.63) is 75.8 Å². The van der Waals surface area contributed by atoms with E-state index in [1.54, 1.807) is 0 Å². The van der Waals surface area contributed by atoms with Crippen LogP contribution in [0.25, 0.3) is 0 Å². The van der Waals surface area contributed by atoms with Crippen molar-refractivity contribution >= 4 is 23.7 Å². The fraction of sp³-hybridized carbons (Fsp3) is 0.512. The van der Waals surface area contributed by atoms with Gasteiger partial charge in [0.05, 0.1) is 26.4 Å². The molecule has 0 saturated carbocycles. The Balaban J connectivity index is 0.000000363. The summed E-state index contributed by atoms with van der Waals surface area (Å²) in [6.45, 7) is 20.9. The topological polar surface area (TPSA) is 111 Å². The predicted molar refractivity (Wildman–Crippen MR) is 196 cm³/mol. The second kappa shape index (κ2) is 16.6. The van der Waals surface area contributed by atoms with Gasteiger partial charge < -0.3 is 23.5 Å². The molecule has 3 aromatic carbocycles. The van der Waals surface area contributed by atoms with Crippen LogP contribution < -0.4 is 18.9 Å². The lowest BCUT2D eigenvalue weighted by Crippen LogP contribution is -2.27. The molecule has 8 nitrogen and oxygen atoms in total. The summed E-state index contributed by atoms with van der Waals surface area (Å²) in [5.74, 6) is 3.52. The quantitative estimate of drug-likeness (QED) is 0.114. The van der Waals surface area contributed by atoms with Crippen LogP contribution in [0.15, 0.2) is 47.4 Å². The summed E-state index contributed by atoms with van der Waals surface area (Å²) in [5, 5.41) is 0. The molecule has 272 valence electrons. The molecule has 5 rings (SSSR count). The van der Waals surface area contributed by atoms with E-state index in [2.05, 4.69) is 79.7 Å². The standard InChI is InChI=1S/C33H48O4.C8H6O4S/c1-9-13-34-27-17-23-25(19-29(27)36-15-11-3)33(21-31(23,5)6)22-32(7,8)24-18-28(35-14-10-2)30(20-26(24)33)37-16-12-4;9-4-6-1-7(5-10)3-8(2-6)13(11)12/h17-20H,9-16,21-22H2,1-8H3;1-5H,(H,11,12)/p-1. The molecule has 0 radical (unpaired) electrons. The van der Waals surface area contributed by atoms with Crippen LogP contribution >= 0.6 is 0 Å². The summed E-state index contributed by atoms with van der Waals surface area (Å²) in [6, 6.07) is 12.9. The minimum Gasteiger partial charge on any atom is -0.768 e. The fourth-order valence-electron chi connectivity index (χ4n) is 7.50. The third kappa shape index (κ3) is 8.26. The van der Waals surface area contributed by atoms with Crippen molar-refractivity contribution in [3.63, 3.8) is 0 Å². The summed E-state index contributed by atoms with van der Waals surface area (Å²) in [6.07, 6.45) is 6.97. The fourth-order valence-corrected chi connectivity index (χ4v) is 7.96. The number of carbonyl (C=O) groups is 2. The molecule has 0 fully saturated rings. The van der Waals surface area contributed by atoms with Crippen LogP contribution in [-0.4, -0.2) is 47.8 Å². The molecule has 50 heavy (non-hydrogen) atoms. The lowest BCUT2D eigenvalue weighted by Gasteiger charge is -2.31. The zero-order chi connectivity index (χ0) is 36.7. The van der Waals surface area contributed by atoms with Gasteiger partial charge in [0.15, 0.2) is 23.0 Å². The van der Waals surface area contributed by atoms with E-state index in [-0.39, 0.29) is 32.3 Å². The second-order valence-corrected chi connectivity index (χ2v) is 15.5. The van der Waals surface area contributed by atoms with Gasteiger partial charge in [-0.2, -0.15) is 0 Å². The Morgan fingerprint density at radius 2 is 0.900 bits per heavy atom. The minimum atomic E-state index is -2.42. The normalized spacial score (nSPS) is 16.4. The Labute approximate surface area is 300 Å². The van der Waals surface area contributed by atoms with E-state index >= 15 is 0 Å². The summed E-state index contributed by atoms with van der Waals surface area (Å²) < 4.78 is 46.0. The molecule has 1 spiro atoms. The Morgan fingerprint density at radius 3 is 1.18 bits per heavy atom. The van der Waals surface area contributed by atoms with Crippen molar-refractivity contribution in [1.29, 1.82) is 0 Å². The Kier molecular flexibility index (Phi) is 12.9. The van der Waals surface area contributed by atoms with E-state index in [9.17, 15) is 18.4 Å². The first-order chi connectivity index (χ1) is 23.8. The van der Waals surface area contributed by atoms with E-state index < -0.39 is 11.1 Å². The lowest BCUT2D eigenvalue weighted by atomic mass is 9.72. The van der Waals surface area contributed by atoms with Crippen LogP contribution in [0, 0.1) is 0 Å². The first-order valence-electron chi connectivity index (χ1n) is 17.8. The van der Waals surface area contributed by atoms with Crippen LogP contribution in [0.1, 0.15) is 137 Å². The summed E-state index contributed by atoms with van der Waals surface area (Å²) >= 11 is -2.42. The van der Waals surface area contributed by atoms with Crippen molar-refractivity contribution in [2.24, 2.45) is 0 Å². The maximum atomic E-state index is 10.5. The molecule has 2 aliphatic carbocycles. The summed E-state index contributed by atoms with van der Waals surface area (Å²) in [4.78, 5) is 20.6. The molecule has 0 N–H and O–H groups in total. The number of rotatable bonds is 15. The molecule has 0 saturated heterocycles. The molecule has 9 heteroatoms. The number of fused-ring (bicyclic) bond motifs is 4. The summed E-state index contributed by atoms with van der Waals surface area (Å²) in [5.41, 5.74) is 5.82. The van der Waals surface area contributed by atoms with Gasteiger partial charge in [-0.1, -0.05) is 55.4 Å². The first kappa shape index (κ1) is 39.1. The highest BCUT2D eigenvalue weighted by atomic mass is 32.2. The predicted octanol–water partition coefficient (Wildman–Crippen LogP) is 9.04. The van der Waals surface area contributed by atoms with Crippen LogP contribution in [0.2, 0.25) is 0 Å². The SMILES string of the molecule is CCCOc1cc2c(cc1OCCC)C1(CC2(C)C)CC(C)(C)c2cc(OCCC)c(OCCC)cc21.O=Cc1cc(C=O)cc(S(=O)[O-])c1. The zero-order valence-electron chi connectivity index (χ0n) is 30.9. The first-order valence-corrected chi connectivity index (χ1v) is 18.9. The van der Waals surface area contributed by atoms with Crippen LogP contribution in [0.5, 0.6) is 23.0 Å². The number of benzene rings is 3. The van der Waals surface area contributed by atoms with Crippen molar-refractivity contribution < 1.29 is 37.3 Å². The van der Waals surface area contributed by atoms with Crippen LogP contribution in [0.4, 0.5) is 0 Å². The van der Waals surface area contributed by atoms with Crippen molar-refractivity contribution in [3.8, 4) is 23.0 Å². The molecule has 1 unspecified atom stereocenters. The average Bonchev–Trinajstić information content (AvgIpc) is 3.45. The maximum absolute atomic E-state index is 10.5. The van der Waals surface area contributed by atoms with Gasteiger partial charge in [-0.25, -0.2) is 0 Å². The minimum absolute atomic E-state index is 0.0163. The van der Waals surface area contributed by atoms with Gasteiger partial charge in [-0.05, 0) is 125 Å². The molecule has 1 atom stereocenters. The number of ether oxygens (including phenoxy) is 4. The Hall–Kier alpha value is -3.69. The molecule has 2 aliphatic rings. The highest BCUT2D eigenvalue weighted by Crippen LogP contribution is 2.65. The number of carbonyl (C=O) groups excluding carboxylic acids is 2. The summed E-state index contributed by atoms with van der Waals surface area (Å²) in [7, 11) is 0. The number of hydrogen-bond donors (Lipinski definition) is 0. The smallest absolute Gasteiger partial charge is 0.161 e. The largest absolute Gasteiger partial charge is 0.768 e. The van der Waals surface area contributed by atoms with Gasteiger partial charge >= 0.3 is 0 Å². The van der Waals surface area contributed by atoms with Gasteiger partial charge in [-0.15, -0.1) is 0 Å². The second-order valence-electron chi connectivity index (χ2n) is 14.6. The van der Waals surface area contributed by atoms with Gasteiger partial charge in [0.1, 0.15) is 12.6 Å². The van der Waals surface area contributed by atoms with E-state index in [1.165, 1.54) is 40.5 Å². The van der Waals surface area contributed by atoms with E-state index in [0.29, 0.717) is 39.0 Å². The highest BCUT2D eigenvalue weighted by Gasteiger charge is 2.57. The van der Waals surface area contributed by atoms with E-state index in [4.69, 9.17) is 18.9 Å². The average molecular weight is 706 g/mol. The van der Waals surface area contributed by atoms with Crippen LogP contribution in [0.3, 0.4) is 0 Å². The van der Waals surface area contributed by atoms with E-state index in [0.717, 1.165) is 61.5 Å². The van der Waals surface area contributed by atoms with Gasteiger partial charge in [0.2, 0.25) is 0 Å². The van der Waals surface area contributed by atoms with Crippen LogP contribution in [-0.2, 0) is 27.3 Å². The molecule has 0 amide bonds. The van der Waals surface area contributed by atoms with E-state index in [1.807, 2.05) is 0 Å². The monoisotopic (exact) mass is 705 g/mol. The number of hydrogen-bond acceptors (Lipinski definition) is 8. The third-order valence-corrected chi connectivity index (χ3v) is 10.0. The zero-order valence-corrected chi connectivity index (χ0v) is 31.8. The Morgan fingerprint density at radius 1 is 0.580 bits per heavy atom. The molecule has 0 bridgehead atoms. The molecule has 0 aromatic heterocycles. The lowest BCUT2D eigenvalue weighted by molar-refractivity contribution is 0.112. The Bertz CT molecular complexity index is 1580. The maximum Gasteiger partial charge on any atom is 0.161 e. The molecular formula is C41H53O8S-. The highest BCUT2D eigenvalue weighted by molar-refractivity contribution is 7.79. The van der Waals surface area contributed by atoms with Gasteiger partial charge in [-0.3, -0.25) is 13.8 Å². The molecule has 3 aromatic rings. The molecule has 0 heterocycles.